The molecule has 8 heteroatoms. The van der Waals surface area contributed by atoms with Gasteiger partial charge in [-0.05, 0) is 55.2 Å². The van der Waals surface area contributed by atoms with E-state index < -0.39 is 5.97 Å². The molecule has 1 atom stereocenters. The van der Waals surface area contributed by atoms with E-state index in [9.17, 15) is 9.90 Å². The number of aromatic carboxylic acids is 1. The first-order valence-electron chi connectivity index (χ1n) is 10.5. The Balaban J connectivity index is 1.59. The summed E-state index contributed by atoms with van der Waals surface area (Å²) in [5, 5.41) is 9.24. The van der Waals surface area contributed by atoms with Gasteiger partial charge in [-0.2, -0.15) is 0 Å². The molecule has 7 nitrogen and oxygen atoms in total. The molecule has 0 amide bonds. The highest BCUT2D eigenvalue weighted by atomic mass is 32.1. The number of carboxylic acid groups (broad SMARTS) is 1. The van der Waals surface area contributed by atoms with E-state index in [-0.39, 0.29) is 5.56 Å². The predicted molar refractivity (Wildman–Crippen MR) is 123 cm³/mol. The first-order valence-corrected chi connectivity index (χ1v) is 11.4. The molecular formula is C24H26N2O5S. The second kappa shape index (κ2) is 10.5. The first-order chi connectivity index (χ1) is 15.6. The average Bonchev–Trinajstić information content (AvgIpc) is 3.52. The fraction of sp³-hybridized carbons (Fsp3) is 0.333. The van der Waals surface area contributed by atoms with Crippen LogP contribution in [0.15, 0.2) is 54.2 Å². The van der Waals surface area contributed by atoms with E-state index in [0.29, 0.717) is 30.6 Å². The lowest BCUT2D eigenvalue weighted by molar-refractivity contribution is 0.0697. The molecule has 4 rings (SSSR count). The van der Waals surface area contributed by atoms with Gasteiger partial charge in [0.15, 0.2) is 11.5 Å². The van der Waals surface area contributed by atoms with Crippen molar-refractivity contribution in [2.75, 3.05) is 31.8 Å². The number of hydrogen-bond donors (Lipinski definition) is 1. The summed E-state index contributed by atoms with van der Waals surface area (Å²) in [6.07, 6.45) is 3.86. The van der Waals surface area contributed by atoms with Crippen LogP contribution in [0.2, 0.25) is 0 Å². The van der Waals surface area contributed by atoms with E-state index in [0.717, 1.165) is 42.3 Å². The van der Waals surface area contributed by atoms with Gasteiger partial charge in [0.1, 0.15) is 0 Å². The molecule has 3 aromatic rings. The number of carboxylic acids is 1. The van der Waals surface area contributed by atoms with E-state index in [1.54, 1.807) is 36.1 Å². The largest absolute Gasteiger partial charge is 0.493 e. The van der Waals surface area contributed by atoms with Crippen molar-refractivity contribution in [1.29, 1.82) is 0 Å². The van der Waals surface area contributed by atoms with Crippen molar-refractivity contribution in [3.8, 4) is 11.5 Å². The van der Waals surface area contributed by atoms with Crippen molar-refractivity contribution in [2.45, 2.75) is 19.4 Å². The predicted octanol–water partition coefficient (Wildman–Crippen LogP) is 4.99. The quantitative estimate of drug-likeness (QED) is 0.462. The number of aromatic nitrogens is 1. The van der Waals surface area contributed by atoms with Gasteiger partial charge in [0.2, 0.25) is 0 Å². The lowest BCUT2D eigenvalue weighted by atomic mass is 10.1. The summed E-state index contributed by atoms with van der Waals surface area (Å²) in [6, 6.07) is 12.7. The molecule has 2 aromatic carbocycles. The molecule has 1 fully saturated rings. The molecule has 0 aliphatic carbocycles. The highest BCUT2D eigenvalue weighted by Crippen LogP contribution is 2.36. The second-order valence-electron chi connectivity index (χ2n) is 7.61. The Kier molecular flexibility index (Phi) is 7.24. The van der Waals surface area contributed by atoms with Crippen LogP contribution in [0.5, 0.6) is 11.5 Å². The number of benzene rings is 2. The third-order valence-corrected chi connectivity index (χ3v) is 6.25. The molecule has 1 unspecified atom stereocenters. The highest BCUT2D eigenvalue weighted by Gasteiger charge is 2.18. The Hall–Kier alpha value is -3.10. The molecule has 0 saturated carbocycles. The molecular weight excluding hydrogens is 428 g/mol. The zero-order chi connectivity index (χ0) is 22.3. The third kappa shape index (κ3) is 5.38. The number of carbonyl (C=O) groups is 1. The molecule has 0 spiro atoms. The van der Waals surface area contributed by atoms with E-state index in [2.05, 4.69) is 9.88 Å². The number of thiazole rings is 1. The lowest BCUT2D eigenvalue weighted by Gasteiger charge is -2.25. The minimum atomic E-state index is -0.946. The number of rotatable bonds is 10. The number of hydrogen-bond acceptors (Lipinski definition) is 7. The molecule has 32 heavy (non-hydrogen) atoms. The maximum absolute atomic E-state index is 11.3. The summed E-state index contributed by atoms with van der Waals surface area (Å²) < 4.78 is 17.1. The van der Waals surface area contributed by atoms with Crippen LogP contribution < -0.4 is 14.4 Å². The highest BCUT2D eigenvalue weighted by molar-refractivity contribution is 7.09. The van der Waals surface area contributed by atoms with Crippen LogP contribution in [-0.2, 0) is 11.3 Å². The van der Waals surface area contributed by atoms with Crippen LogP contribution in [0.4, 0.5) is 11.4 Å². The van der Waals surface area contributed by atoms with Crippen molar-refractivity contribution < 1.29 is 24.1 Å². The maximum Gasteiger partial charge on any atom is 0.335 e. The van der Waals surface area contributed by atoms with Crippen molar-refractivity contribution in [3.05, 3.63) is 64.6 Å². The van der Waals surface area contributed by atoms with Gasteiger partial charge in [-0.1, -0.05) is 0 Å². The Morgan fingerprint density at radius 2 is 2.03 bits per heavy atom. The lowest BCUT2D eigenvalue weighted by Crippen LogP contribution is -2.16. The van der Waals surface area contributed by atoms with Crippen LogP contribution >= 0.6 is 11.3 Å². The molecule has 0 bridgehead atoms. The average molecular weight is 455 g/mol. The second-order valence-corrected chi connectivity index (χ2v) is 8.58. The summed E-state index contributed by atoms with van der Waals surface area (Å²) in [5.41, 5.74) is 3.85. The van der Waals surface area contributed by atoms with Crippen molar-refractivity contribution in [1.82, 2.24) is 4.98 Å². The van der Waals surface area contributed by atoms with Crippen LogP contribution in [-0.4, -0.2) is 43.0 Å². The molecule has 168 valence electrons. The maximum atomic E-state index is 11.3. The minimum absolute atomic E-state index is 0.251. The Morgan fingerprint density at radius 1 is 1.22 bits per heavy atom. The van der Waals surface area contributed by atoms with Gasteiger partial charge in [-0.3, -0.25) is 4.98 Å². The van der Waals surface area contributed by atoms with Gasteiger partial charge in [0.05, 0.1) is 31.3 Å². The number of anilines is 2. The molecule has 0 radical (unpaired) electrons. The van der Waals surface area contributed by atoms with Crippen LogP contribution in [0.1, 0.15) is 28.1 Å². The van der Waals surface area contributed by atoms with Crippen LogP contribution in [0, 0.1) is 5.92 Å². The van der Waals surface area contributed by atoms with Crippen LogP contribution in [0.3, 0.4) is 0 Å². The van der Waals surface area contributed by atoms with Gasteiger partial charge in [-0.15, -0.1) is 11.3 Å². The van der Waals surface area contributed by atoms with Gasteiger partial charge in [0.25, 0.3) is 0 Å². The smallest absolute Gasteiger partial charge is 0.335 e. The zero-order valence-corrected chi connectivity index (χ0v) is 18.7. The van der Waals surface area contributed by atoms with E-state index >= 15 is 0 Å². The van der Waals surface area contributed by atoms with Crippen molar-refractivity contribution >= 4 is 28.7 Å². The zero-order valence-electron chi connectivity index (χ0n) is 17.9. The summed E-state index contributed by atoms with van der Waals surface area (Å²) >= 11 is 1.57. The molecule has 2 heterocycles. The summed E-state index contributed by atoms with van der Waals surface area (Å²) in [4.78, 5) is 18.6. The van der Waals surface area contributed by atoms with Gasteiger partial charge >= 0.3 is 5.97 Å². The van der Waals surface area contributed by atoms with E-state index in [4.69, 9.17) is 14.2 Å². The van der Waals surface area contributed by atoms with Gasteiger partial charge in [0, 0.05) is 41.7 Å². The van der Waals surface area contributed by atoms with E-state index in [1.165, 1.54) is 0 Å². The van der Waals surface area contributed by atoms with Crippen molar-refractivity contribution in [3.63, 3.8) is 0 Å². The SMILES string of the molecule is COc1ccc(N(Cc2cncs2)c2ccc(C(=O)O)cc2)cc1OCCC1CCOC1. The van der Waals surface area contributed by atoms with Crippen molar-refractivity contribution in [2.24, 2.45) is 5.92 Å². The summed E-state index contributed by atoms with van der Waals surface area (Å²) in [7, 11) is 1.63. The van der Waals surface area contributed by atoms with E-state index in [1.807, 2.05) is 36.5 Å². The fourth-order valence-electron chi connectivity index (χ4n) is 3.68. The molecule has 1 aliphatic rings. The van der Waals surface area contributed by atoms with Gasteiger partial charge < -0.3 is 24.2 Å². The molecule has 1 N–H and O–H groups in total. The number of nitrogens with zero attached hydrogens (tertiary/aromatic N) is 2. The minimum Gasteiger partial charge on any atom is -0.493 e. The number of methoxy groups -OCH3 is 1. The van der Waals surface area contributed by atoms with Gasteiger partial charge in [-0.25, -0.2) is 4.79 Å². The normalized spacial score (nSPS) is 15.5. The fourth-order valence-corrected chi connectivity index (χ4v) is 4.27. The molecule has 1 aliphatic heterocycles. The standard InChI is InChI=1S/C24H26N2O5S/c1-29-22-7-6-20(12-23(22)31-11-9-17-8-10-30-15-17)26(14-21-13-25-16-32-21)19-4-2-18(3-5-19)24(27)28/h2-7,12-13,16-17H,8-11,14-15H2,1H3,(H,27,28). The van der Waals surface area contributed by atoms with Crippen LogP contribution in [0.25, 0.3) is 0 Å². The molecule has 1 aromatic heterocycles. The third-order valence-electron chi connectivity index (χ3n) is 5.49. The first kappa shape index (κ1) is 22.1. The Labute approximate surface area is 191 Å². The summed E-state index contributed by atoms with van der Waals surface area (Å²) in [5.74, 6) is 0.953. The topological polar surface area (TPSA) is 81.1 Å². The Bertz CT molecular complexity index is 1020. The summed E-state index contributed by atoms with van der Waals surface area (Å²) in [6.45, 7) is 2.82. The molecule has 1 saturated heterocycles. The Morgan fingerprint density at radius 3 is 2.69 bits per heavy atom. The monoisotopic (exact) mass is 454 g/mol. The number of ether oxygens (including phenoxy) is 3.